The summed E-state index contributed by atoms with van der Waals surface area (Å²) in [5.74, 6) is -1.21. The third-order valence-corrected chi connectivity index (χ3v) is 2.35. The number of carboxylic acid groups (broad SMARTS) is 1. The van der Waals surface area contributed by atoms with Crippen LogP contribution >= 0.6 is 0 Å². The summed E-state index contributed by atoms with van der Waals surface area (Å²) in [6.45, 7) is 1.18. The lowest BCUT2D eigenvalue weighted by Crippen LogP contribution is -2.17. The Kier molecular flexibility index (Phi) is 3.04. The van der Waals surface area contributed by atoms with Crippen molar-refractivity contribution >= 4 is 5.97 Å². The second-order valence-electron chi connectivity index (χ2n) is 3.53. The fraction of sp³-hybridized carbons (Fsp3) is 0.182. The number of carbonyl (C=O) groups is 1. The Labute approximate surface area is 96.7 Å². The van der Waals surface area contributed by atoms with Gasteiger partial charge in [0.2, 0.25) is 0 Å². The van der Waals surface area contributed by atoms with E-state index < -0.39 is 11.4 Å². The van der Waals surface area contributed by atoms with E-state index in [1.54, 1.807) is 21.6 Å². The topological polar surface area (TPSA) is 77.1 Å². The molecule has 0 fully saturated rings. The predicted octanol–water partition coefficient (Wildman–Crippen LogP) is 0.443. The van der Waals surface area contributed by atoms with Gasteiger partial charge in [-0.2, -0.15) is 5.10 Å². The van der Waals surface area contributed by atoms with Gasteiger partial charge in [0.15, 0.2) is 5.43 Å². The first kappa shape index (κ1) is 11.1. The molecule has 6 heteroatoms. The number of aromatic carboxylic acids is 1. The molecule has 0 amide bonds. The Morgan fingerprint density at radius 2 is 2.18 bits per heavy atom. The van der Waals surface area contributed by atoms with E-state index in [1.807, 2.05) is 12.3 Å². The zero-order valence-corrected chi connectivity index (χ0v) is 8.98. The minimum absolute atomic E-state index is 0.215. The zero-order valence-electron chi connectivity index (χ0n) is 8.98. The molecule has 0 saturated heterocycles. The van der Waals surface area contributed by atoms with Crippen molar-refractivity contribution in [3.8, 4) is 0 Å². The van der Waals surface area contributed by atoms with Gasteiger partial charge in [-0.1, -0.05) is 0 Å². The average Bonchev–Trinajstić information content (AvgIpc) is 2.80. The quantitative estimate of drug-likeness (QED) is 0.831. The van der Waals surface area contributed by atoms with Crippen molar-refractivity contribution in [1.82, 2.24) is 14.3 Å². The van der Waals surface area contributed by atoms with Gasteiger partial charge in [0.25, 0.3) is 0 Å². The van der Waals surface area contributed by atoms with E-state index in [9.17, 15) is 9.59 Å². The lowest BCUT2D eigenvalue weighted by molar-refractivity contribution is 0.0694. The second-order valence-corrected chi connectivity index (χ2v) is 3.53. The van der Waals surface area contributed by atoms with Crippen LogP contribution in [0, 0.1) is 0 Å². The van der Waals surface area contributed by atoms with Gasteiger partial charge in [-0.3, -0.25) is 9.48 Å². The van der Waals surface area contributed by atoms with Gasteiger partial charge in [0, 0.05) is 37.4 Å². The van der Waals surface area contributed by atoms with Crippen molar-refractivity contribution in [3.63, 3.8) is 0 Å². The summed E-state index contributed by atoms with van der Waals surface area (Å²) in [4.78, 5) is 22.0. The van der Waals surface area contributed by atoms with Crippen molar-refractivity contribution in [2.75, 3.05) is 0 Å². The Balaban J connectivity index is 2.14. The third-order valence-electron chi connectivity index (χ3n) is 2.35. The minimum atomic E-state index is -1.21. The largest absolute Gasteiger partial charge is 0.477 e. The van der Waals surface area contributed by atoms with E-state index in [0.29, 0.717) is 13.1 Å². The summed E-state index contributed by atoms with van der Waals surface area (Å²) in [6, 6.07) is 3.07. The van der Waals surface area contributed by atoms with Gasteiger partial charge in [0.1, 0.15) is 5.56 Å². The lowest BCUT2D eigenvalue weighted by atomic mass is 10.3. The second kappa shape index (κ2) is 4.65. The van der Waals surface area contributed by atoms with E-state index in [1.165, 1.54) is 12.3 Å². The number of aryl methyl sites for hydroxylation is 2. The molecule has 88 valence electrons. The molecule has 0 aliphatic heterocycles. The fourth-order valence-electron chi connectivity index (χ4n) is 1.48. The standard InChI is InChI=1S/C11H11N3O3/c15-10-2-5-13(8-9(10)11(16)17)6-7-14-4-1-3-12-14/h1-5,8H,6-7H2,(H,16,17). The molecule has 0 spiro atoms. The minimum Gasteiger partial charge on any atom is -0.477 e. The van der Waals surface area contributed by atoms with Crippen LogP contribution in [-0.2, 0) is 13.1 Å². The van der Waals surface area contributed by atoms with Crippen molar-refractivity contribution in [2.24, 2.45) is 0 Å². The van der Waals surface area contributed by atoms with Gasteiger partial charge in [-0.25, -0.2) is 4.79 Å². The molecule has 0 saturated carbocycles. The zero-order chi connectivity index (χ0) is 12.3. The monoisotopic (exact) mass is 233 g/mol. The molecule has 2 heterocycles. The SMILES string of the molecule is O=C(O)c1cn(CCn2cccn2)ccc1=O. The number of rotatable bonds is 4. The summed E-state index contributed by atoms with van der Waals surface area (Å²) >= 11 is 0. The Morgan fingerprint density at radius 3 is 2.82 bits per heavy atom. The van der Waals surface area contributed by atoms with E-state index in [2.05, 4.69) is 5.10 Å². The Morgan fingerprint density at radius 1 is 1.35 bits per heavy atom. The van der Waals surface area contributed by atoms with Crippen LogP contribution in [0.1, 0.15) is 10.4 Å². The molecule has 2 aromatic rings. The molecule has 0 bridgehead atoms. The summed E-state index contributed by atoms with van der Waals surface area (Å²) in [6.07, 6.45) is 6.40. The summed E-state index contributed by atoms with van der Waals surface area (Å²) in [5.41, 5.74) is -0.694. The van der Waals surface area contributed by atoms with E-state index in [-0.39, 0.29) is 5.56 Å². The van der Waals surface area contributed by atoms with Crippen LogP contribution in [0.25, 0.3) is 0 Å². The Hall–Kier alpha value is -2.37. The van der Waals surface area contributed by atoms with Crippen LogP contribution in [0.4, 0.5) is 0 Å². The molecule has 0 unspecified atom stereocenters. The number of pyridine rings is 1. The molecule has 2 rings (SSSR count). The summed E-state index contributed by atoms with van der Waals surface area (Å²) in [5, 5.41) is 12.8. The maximum absolute atomic E-state index is 11.2. The van der Waals surface area contributed by atoms with Crippen LogP contribution < -0.4 is 5.43 Å². The van der Waals surface area contributed by atoms with Crippen molar-refractivity contribution < 1.29 is 9.90 Å². The molecule has 0 radical (unpaired) electrons. The first-order valence-corrected chi connectivity index (χ1v) is 5.07. The molecule has 0 aliphatic carbocycles. The van der Waals surface area contributed by atoms with Crippen LogP contribution in [-0.4, -0.2) is 25.4 Å². The number of hydrogen-bond donors (Lipinski definition) is 1. The molecular formula is C11H11N3O3. The molecule has 2 aromatic heterocycles. The maximum Gasteiger partial charge on any atom is 0.341 e. The average molecular weight is 233 g/mol. The van der Waals surface area contributed by atoms with E-state index in [4.69, 9.17) is 5.11 Å². The van der Waals surface area contributed by atoms with Crippen molar-refractivity contribution in [2.45, 2.75) is 13.1 Å². The van der Waals surface area contributed by atoms with Gasteiger partial charge in [-0.15, -0.1) is 0 Å². The molecule has 0 atom stereocenters. The van der Waals surface area contributed by atoms with E-state index in [0.717, 1.165) is 0 Å². The highest BCUT2D eigenvalue weighted by atomic mass is 16.4. The van der Waals surface area contributed by atoms with Gasteiger partial charge in [-0.05, 0) is 6.07 Å². The molecule has 17 heavy (non-hydrogen) atoms. The highest BCUT2D eigenvalue weighted by Crippen LogP contribution is 1.95. The molecule has 0 aromatic carbocycles. The third kappa shape index (κ3) is 2.60. The smallest absolute Gasteiger partial charge is 0.341 e. The van der Waals surface area contributed by atoms with Crippen LogP contribution in [0.3, 0.4) is 0 Å². The fourth-order valence-corrected chi connectivity index (χ4v) is 1.48. The first-order valence-electron chi connectivity index (χ1n) is 5.07. The summed E-state index contributed by atoms with van der Waals surface area (Å²) < 4.78 is 3.39. The molecular weight excluding hydrogens is 222 g/mol. The van der Waals surface area contributed by atoms with Crippen LogP contribution in [0.2, 0.25) is 0 Å². The van der Waals surface area contributed by atoms with E-state index >= 15 is 0 Å². The highest BCUT2D eigenvalue weighted by molar-refractivity contribution is 5.86. The van der Waals surface area contributed by atoms with Crippen LogP contribution in [0.15, 0.2) is 41.7 Å². The normalized spacial score (nSPS) is 10.4. The molecule has 1 N–H and O–H groups in total. The number of aromatic nitrogens is 3. The lowest BCUT2D eigenvalue weighted by Gasteiger charge is -2.07. The van der Waals surface area contributed by atoms with Gasteiger partial charge >= 0.3 is 5.97 Å². The summed E-state index contributed by atoms with van der Waals surface area (Å²) in [7, 11) is 0. The van der Waals surface area contributed by atoms with Gasteiger partial charge in [0.05, 0.1) is 6.54 Å². The number of carboxylic acids is 1. The number of nitrogens with zero attached hydrogens (tertiary/aromatic N) is 3. The maximum atomic E-state index is 11.2. The molecule has 6 nitrogen and oxygen atoms in total. The highest BCUT2D eigenvalue weighted by Gasteiger charge is 2.07. The predicted molar refractivity (Wildman–Crippen MR) is 59.9 cm³/mol. The molecule has 0 aliphatic rings. The van der Waals surface area contributed by atoms with Crippen LogP contribution in [0.5, 0.6) is 0 Å². The number of hydrogen-bond acceptors (Lipinski definition) is 3. The van der Waals surface area contributed by atoms with Gasteiger partial charge < -0.3 is 9.67 Å². The van der Waals surface area contributed by atoms with Crippen molar-refractivity contribution in [3.05, 3.63) is 52.7 Å². The Bertz CT molecular complexity index is 572. The van der Waals surface area contributed by atoms with Crippen molar-refractivity contribution in [1.29, 1.82) is 0 Å². The first-order chi connectivity index (χ1) is 8.16.